The summed E-state index contributed by atoms with van der Waals surface area (Å²) in [6.07, 6.45) is 1.19. The smallest absolute Gasteiger partial charge is 0.354 e. The molecule has 6 heteroatoms. The van der Waals surface area contributed by atoms with Gasteiger partial charge in [-0.3, -0.25) is 4.79 Å². The van der Waals surface area contributed by atoms with Crippen LogP contribution in [0.3, 0.4) is 0 Å². The Kier molecular flexibility index (Phi) is 4.53. The SMILES string of the molecule is COC(=O)/C(=C/c1ccc(F)c(F)c1)NC(C)=O. The van der Waals surface area contributed by atoms with Gasteiger partial charge in [-0.25, -0.2) is 13.6 Å². The first kappa shape index (κ1) is 13.8. The predicted octanol–water partition coefficient (Wildman–Crippen LogP) is 1.61. The molecule has 0 aliphatic carbocycles. The molecule has 0 fully saturated rings. The van der Waals surface area contributed by atoms with Crippen molar-refractivity contribution in [2.24, 2.45) is 0 Å². The van der Waals surface area contributed by atoms with Gasteiger partial charge in [-0.05, 0) is 23.8 Å². The topological polar surface area (TPSA) is 55.4 Å². The summed E-state index contributed by atoms with van der Waals surface area (Å²) in [6.45, 7) is 1.21. The summed E-state index contributed by atoms with van der Waals surface area (Å²) < 4.78 is 30.1. The Labute approximate surface area is 102 Å². The van der Waals surface area contributed by atoms with Crippen LogP contribution in [-0.4, -0.2) is 19.0 Å². The van der Waals surface area contributed by atoms with Gasteiger partial charge in [0.2, 0.25) is 5.91 Å². The minimum atomic E-state index is -1.05. The third-order valence-electron chi connectivity index (χ3n) is 1.97. The van der Waals surface area contributed by atoms with Crippen LogP contribution in [0, 0.1) is 11.6 Å². The van der Waals surface area contributed by atoms with Crippen molar-refractivity contribution < 1.29 is 23.1 Å². The Hall–Kier alpha value is -2.24. The molecule has 1 N–H and O–H groups in total. The van der Waals surface area contributed by atoms with Gasteiger partial charge in [-0.15, -0.1) is 0 Å². The van der Waals surface area contributed by atoms with E-state index in [2.05, 4.69) is 10.1 Å². The summed E-state index contributed by atoms with van der Waals surface area (Å²) in [6, 6.07) is 3.09. The first-order valence-electron chi connectivity index (χ1n) is 4.96. The van der Waals surface area contributed by atoms with Crippen molar-refractivity contribution >= 4 is 18.0 Å². The van der Waals surface area contributed by atoms with Crippen LogP contribution >= 0.6 is 0 Å². The van der Waals surface area contributed by atoms with E-state index in [1.165, 1.54) is 19.1 Å². The molecule has 1 aromatic rings. The van der Waals surface area contributed by atoms with Crippen molar-refractivity contribution in [3.63, 3.8) is 0 Å². The number of ether oxygens (including phenoxy) is 1. The standard InChI is InChI=1S/C12H11F2NO3/c1-7(16)15-11(12(17)18-2)6-8-3-4-9(13)10(14)5-8/h3-6H,1-2H3,(H,15,16)/b11-6-. The molecule has 0 bridgehead atoms. The summed E-state index contributed by atoms with van der Waals surface area (Å²) >= 11 is 0. The van der Waals surface area contributed by atoms with Gasteiger partial charge in [-0.2, -0.15) is 0 Å². The molecule has 0 aliphatic heterocycles. The average Bonchev–Trinajstić information content (AvgIpc) is 2.31. The van der Waals surface area contributed by atoms with Crippen LogP contribution in [0.1, 0.15) is 12.5 Å². The molecule has 0 spiro atoms. The van der Waals surface area contributed by atoms with Crippen molar-refractivity contribution in [3.05, 3.63) is 41.1 Å². The fourth-order valence-corrected chi connectivity index (χ4v) is 1.21. The van der Waals surface area contributed by atoms with E-state index >= 15 is 0 Å². The minimum Gasteiger partial charge on any atom is -0.464 e. The van der Waals surface area contributed by atoms with Gasteiger partial charge in [0.15, 0.2) is 11.6 Å². The number of carbonyl (C=O) groups excluding carboxylic acids is 2. The van der Waals surface area contributed by atoms with E-state index in [4.69, 9.17) is 0 Å². The molecule has 0 atom stereocenters. The fraction of sp³-hybridized carbons (Fsp3) is 0.167. The summed E-state index contributed by atoms with van der Waals surface area (Å²) in [4.78, 5) is 22.2. The zero-order valence-electron chi connectivity index (χ0n) is 9.79. The number of esters is 1. The third kappa shape index (κ3) is 3.65. The van der Waals surface area contributed by atoms with Crippen LogP contribution in [0.2, 0.25) is 0 Å². The second-order valence-electron chi connectivity index (χ2n) is 3.40. The molecule has 0 saturated carbocycles. The molecule has 96 valence electrons. The van der Waals surface area contributed by atoms with E-state index < -0.39 is 23.5 Å². The molecule has 4 nitrogen and oxygen atoms in total. The Morgan fingerprint density at radius 2 is 1.94 bits per heavy atom. The summed E-state index contributed by atoms with van der Waals surface area (Å²) in [5.41, 5.74) is 0.0686. The lowest BCUT2D eigenvalue weighted by Gasteiger charge is -2.06. The average molecular weight is 255 g/mol. The van der Waals surface area contributed by atoms with Gasteiger partial charge in [0, 0.05) is 6.92 Å². The molecular formula is C12H11F2NO3. The van der Waals surface area contributed by atoms with Crippen LogP contribution in [0.25, 0.3) is 6.08 Å². The minimum absolute atomic E-state index is 0.156. The molecule has 1 rings (SSSR count). The van der Waals surface area contributed by atoms with E-state index in [0.29, 0.717) is 0 Å². The number of halogens is 2. The maximum atomic E-state index is 13.0. The van der Waals surface area contributed by atoms with E-state index in [1.807, 2.05) is 0 Å². The molecule has 1 amide bonds. The first-order chi connectivity index (χ1) is 8.43. The van der Waals surface area contributed by atoms with Crippen LogP contribution in [-0.2, 0) is 14.3 Å². The van der Waals surface area contributed by atoms with Crippen molar-refractivity contribution in [1.82, 2.24) is 5.32 Å². The molecule has 1 aromatic carbocycles. The third-order valence-corrected chi connectivity index (χ3v) is 1.97. The molecule has 0 radical (unpaired) electrons. The molecule has 18 heavy (non-hydrogen) atoms. The van der Waals surface area contributed by atoms with Crippen LogP contribution in [0.4, 0.5) is 8.78 Å². The summed E-state index contributed by atoms with van der Waals surface area (Å²) in [7, 11) is 1.14. The molecule has 0 heterocycles. The van der Waals surface area contributed by atoms with Gasteiger partial charge in [0.05, 0.1) is 7.11 Å². The number of benzene rings is 1. The Morgan fingerprint density at radius 1 is 1.28 bits per heavy atom. The quantitative estimate of drug-likeness (QED) is 0.659. The Morgan fingerprint density at radius 3 is 2.44 bits per heavy atom. The second kappa shape index (κ2) is 5.90. The Bertz CT molecular complexity index is 512. The maximum absolute atomic E-state index is 13.0. The number of hydrogen-bond donors (Lipinski definition) is 1. The number of nitrogens with one attached hydrogen (secondary N) is 1. The van der Waals surface area contributed by atoms with Crippen molar-refractivity contribution in [1.29, 1.82) is 0 Å². The van der Waals surface area contributed by atoms with Gasteiger partial charge in [-0.1, -0.05) is 6.07 Å². The fourth-order valence-electron chi connectivity index (χ4n) is 1.21. The van der Waals surface area contributed by atoms with Crippen molar-refractivity contribution in [2.45, 2.75) is 6.92 Å². The molecule has 0 saturated heterocycles. The number of rotatable bonds is 3. The normalized spacial score (nSPS) is 11.0. The van der Waals surface area contributed by atoms with Gasteiger partial charge in [0.25, 0.3) is 0 Å². The zero-order valence-corrected chi connectivity index (χ0v) is 9.79. The van der Waals surface area contributed by atoms with Gasteiger partial charge < -0.3 is 10.1 Å². The predicted molar refractivity (Wildman–Crippen MR) is 60.2 cm³/mol. The van der Waals surface area contributed by atoms with Crippen LogP contribution in [0.5, 0.6) is 0 Å². The molecular weight excluding hydrogens is 244 g/mol. The van der Waals surface area contributed by atoms with E-state index in [9.17, 15) is 18.4 Å². The highest BCUT2D eigenvalue weighted by Crippen LogP contribution is 2.12. The van der Waals surface area contributed by atoms with Crippen molar-refractivity contribution in [3.8, 4) is 0 Å². The van der Waals surface area contributed by atoms with Crippen molar-refractivity contribution in [2.75, 3.05) is 7.11 Å². The van der Waals surface area contributed by atoms with Crippen LogP contribution < -0.4 is 5.32 Å². The largest absolute Gasteiger partial charge is 0.464 e. The number of methoxy groups -OCH3 is 1. The molecule has 0 aliphatic rings. The lowest BCUT2D eigenvalue weighted by molar-refractivity contribution is -0.137. The number of hydrogen-bond acceptors (Lipinski definition) is 3. The lowest BCUT2D eigenvalue weighted by atomic mass is 10.2. The summed E-state index contributed by atoms with van der Waals surface area (Å²) in [5.74, 6) is -3.30. The van der Waals surface area contributed by atoms with E-state index in [0.717, 1.165) is 19.2 Å². The monoisotopic (exact) mass is 255 g/mol. The highest BCUT2D eigenvalue weighted by molar-refractivity contribution is 5.97. The second-order valence-corrected chi connectivity index (χ2v) is 3.40. The highest BCUT2D eigenvalue weighted by atomic mass is 19.2. The van der Waals surface area contributed by atoms with Crippen LogP contribution in [0.15, 0.2) is 23.9 Å². The van der Waals surface area contributed by atoms with E-state index in [1.54, 1.807) is 0 Å². The number of amides is 1. The molecule has 0 aromatic heterocycles. The maximum Gasteiger partial charge on any atom is 0.354 e. The summed E-state index contributed by atoms with van der Waals surface area (Å²) in [5, 5.41) is 2.24. The zero-order chi connectivity index (χ0) is 13.7. The Balaban J connectivity index is 3.10. The van der Waals surface area contributed by atoms with Gasteiger partial charge in [0.1, 0.15) is 5.70 Å². The molecule has 0 unspecified atom stereocenters. The first-order valence-corrected chi connectivity index (χ1v) is 4.96. The van der Waals surface area contributed by atoms with E-state index in [-0.39, 0.29) is 11.3 Å². The highest BCUT2D eigenvalue weighted by Gasteiger charge is 2.11. The van der Waals surface area contributed by atoms with Gasteiger partial charge >= 0.3 is 5.97 Å². The lowest BCUT2D eigenvalue weighted by Crippen LogP contribution is -2.25. The number of carbonyl (C=O) groups is 2.